The van der Waals surface area contributed by atoms with Gasteiger partial charge < -0.3 is 10.2 Å². The van der Waals surface area contributed by atoms with Crippen molar-refractivity contribution in [3.63, 3.8) is 0 Å². The zero-order valence-electron chi connectivity index (χ0n) is 19.3. The molecule has 0 saturated heterocycles. The van der Waals surface area contributed by atoms with E-state index in [4.69, 9.17) is 23.2 Å². The Morgan fingerprint density at radius 1 is 0.970 bits per heavy atom. The van der Waals surface area contributed by atoms with Gasteiger partial charge in [-0.05, 0) is 60.7 Å². The van der Waals surface area contributed by atoms with Gasteiger partial charge in [0.25, 0.3) is 0 Å². The van der Waals surface area contributed by atoms with E-state index < -0.39 is 6.04 Å². The average molecular weight is 485 g/mol. The number of halogens is 2. The normalized spacial score (nSPS) is 12.9. The molecule has 0 heterocycles. The molecule has 0 aromatic heterocycles. The number of benzene rings is 3. The molecule has 0 aliphatic heterocycles. The zero-order valence-corrected chi connectivity index (χ0v) is 20.8. The summed E-state index contributed by atoms with van der Waals surface area (Å²) in [5, 5.41) is 6.28. The third-order valence-corrected chi connectivity index (χ3v) is 6.60. The van der Waals surface area contributed by atoms with Crippen LogP contribution >= 0.6 is 23.2 Å². The van der Waals surface area contributed by atoms with E-state index >= 15 is 0 Å². The Morgan fingerprint density at radius 2 is 1.70 bits per heavy atom. The van der Waals surface area contributed by atoms with Crippen LogP contribution in [0.5, 0.6) is 0 Å². The second-order valence-corrected chi connectivity index (χ2v) is 9.23. The van der Waals surface area contributed by atoms with Crippen LogP contribution in [-0.4, -0.2) is 28.8 Å². The number of nitrogens with zero attached hydrogens (tertiary/aromatic N) is 1. The summed E-state index contributed by atoms with van der Waals surface area (Å²) in [6, 6.07) is 18.9. The molecule has 0 radical (unpaired) electrons. The molecular formula is C27H30Cl2N2O2. The maximum Gasteiger partial charge on any atom is 0.242 e. The van der Waals surface area contributed by atoms with E-state index in [0.29, 0.717) is 22.9 Å². The fraction of sp³-hybridized carbons (Fsp3) is 0.333. The van der Waals surface area contributed by atoms with Crippen LogP contribution in [0.3, 0.4) is 0 Å². The summed E-state index contributed by atoms with van der Waals surface area (Å²) >= 11 is 12.4. The lowest BCUT2D eigenvalue weighted by atomic mass is 10.0. The minimum Gasteiger partial charge on any atom is -0.352 e. The highest BCUT2D eigenvalue weighted by Gasteiger charge is 2.27. The first-order valence-corrected chi connectivity index (χ1v) is 12.1. The van der Waals surface area contributed by atoms with E-state index in [-0.39, 0.29) is 24.4 Å². The van der Waals surface area contributed by atoms with E-state index in [2.05, 4.69) is 29.6 Å². The summed E-state index contributed by atoms with van der Waals surface area (Å²) in [7, 11) is 0. The lowest BCUT2D eigenvalue weighted by Gasteiger charge is -2.30. The van der Waals surface area contributed by atoms with E-state index in [1.165, 1.54) is 0 Å². The van der Waals surface area contributed by atoms with Crippen LogP contribution in [0, 0.1) is 0 Å². The number of aryl methyl sites for hydroxylation is 1. The first-order chi connectivity index (χ1) is 15.8. The number of hydrogen-bond donors (Lipinski definition) is 1. The molecule has 174 valence electrons. The lowest BCUT2D eigenvalue weighted by molar-refractivity contribution is -0.140. The van der Waals surface area contributed by atoms with Crippen molar-refractivity contribution in [1.82, 2.24) is 10.2 Å². The van der Waals surface area contributed by atoms with E-state index in [0.717, 1.165) is 28.3 Å². The molecule has 2 amide bonds. The van der Waals surface area contributed by atoms with Crippen molar-refractivity contribution in [2.45, 2.75) is 58.7 Å². The molecule has 33 heavy (non-hydrogen) atoms. The van der Waals surface area contributed by atoms with Crippen molar-refractivity contribution >= 4 is 45.8 Å². The SMILES string of the molecule is CCC(C)NC(=O)C(C)N(Cc1ccc(Cl)cc1Cl)C(=O)CCc1cccc2ccccc12. The van der Waals surface area contributed by atoms with Crippen LogP contribution in [0.4, 0.5) is 0 Å². The van der Waals surface area contributed by atoms with Crippen LogP contribution in [0.15, 0.2) is 60.7 Å². The van der Waals surface area contributed by atoms with Gasteiger partial charge in [-0.15, -0.1) is 0 Å². The van der Waals surface area contributed by atoms with Gasteiger partial charge in [0.15, 0.2) is 0 Å². The van der Waals surface area contributed by atoms with Crippen molar-refractivity contribution in [3.8, 4) is 0 Å². The Hall–Kier alpha value is -2.56. The van der Waals surface area contributed by atoms with Gasteiger partial charge in [-0.3, -0.25) is 9.59 Å². The van der Waals surface area contributed by atoms with Crippen LogP contribution in [0.2, 0.25) is 10.0 Å². The summed E-state index contributed by atoms with van der Waals surface area (Å²) in [6.07, 6.45) is 1.70. The second-order valence-electron chi connectivity index (χ2n) is 8.39. The summed E-state index contributed by atoms with van der Waals surface area (Å²) in [4.78, 5) is 27.9. The Morgan fingerprint density at radius 3 is 2.42 bits per heavy atom. The molecular weight excluding hydrogens is 455 g/mol. The van der Waals surface area contributed by atoms with Crippen LogP contribution in [0.25, 0.3) is 10.8 Å². The largest absolute Gasteiger partial charge is 0.352 e. The number of hydrogen-bond acceptors (Lipinski definition) is 2. The predicted octanol–water partition coefficient (Wildman–Crippen LogP) is 6.41. The molecule has 4 nitrogen and oxygen atoms in total. The third-order valence-electron chi connectivity index (χ3n) is 6.01. The Balaban J connectivity index is 1.82. The maximum absolute atomic E-state index is 13.4. The quantitative estimate of drug-likeness (QED) is 0.381. The van der Waals surface area contributed by atoms with Crippen molar-refractivity contribution in [1.29, 1.82) is 0 Å². The van der Waals surface area contributed by atoms with Gasteiger partial charge in [-0.25, -0.2) is 0 Å². The molecule has 2 atom stereocenters. The molecule has 6 heteroatoms. The minimum atomic E-state index is -0.634. The van der Waals surface area contributed by atoms with E-state index in [9.17, 15) is 9.59 Å². The van der Waals surface area contributed by atoms with Gasteiger partial charge in [0.05, 0.1) is 0 Å². The highest BCUT2D eigenvalue weighted by atomic mass is 35.5. The van der Waals surface area contributed by atoms with Gasteiger partial charge >= 0.3 is 0 Å². The number of amides is 2. The molecule has 0 aliphatic rings. The van der Waals surface area contributed by atoms with Gasteiger partial charge in [0.2, 0.25) is 11.8 Å². The first kappa shape index (κ1) is 25.1. The molecule has 1 N–H and O–H groups in total. The van der Waals surface area contributed by atoms with Crippen molar-refractivity contribution < 1.29 is 9.59 Å². The van der Waals surface area contributed by atoms with Crippen molar-refractivity contribution in [3.05, 3.63) is 81.8 Å². The summed E-state index contributed by atoms with van der Waals surface area (Å²) < 4.78 is 0. The smallest absolute Gasteiger partial charge is 0.242 e. The highest BCUT2D eigenvalue weighted by molar-refractivity contribution is 6.35. The monoisotopic (exact) mass is 484 g/mol. The summed E-state index contributed by atoms with van der Waals surface area (Å²) in [5.41, 5.74) is 1.87. The maximum atomic E-state index is 13.4. The average Bonchev–Trinajstić information content (AvgIpc) is 2.81. The van der Waals surface area contributed by atoms with E-state index in [1.54, 1.807) is 30.0 Å². The minimum absolute atomic E-state index is 0.0340. The Kier molecular flexibility index (Phi) is 8.76. The number of fused-ring (bicyclic) bond motifs is 1. The molecule has 3 aromatic rings. The topological polar surface area (TPSA) is 49.4 Å². The molecule has 0 bridgehead atoms. The zero-order chi connectivity index (χ0) is 24.0. The second kappa shape index (κ2) is 11.5. The summed E-state index contributed by atoms with van der Waals surface area (Å²) in [5.74, 6) is -0.270. The fourth-order valence-electron chi connectivity index (χ4n) is 3.78. The van der Waals surface area contributed by atoms with E-state index in [1.807, 2.05) is 32.0 Å². The van der Waals surface area contributed by atoms with Gasteiger partial charge in [0.1, 0.15) is 6.04 Å². The molecule has 0 saturated carbocycles. The number of carbonyl (C=O) groups is 2. The van der Waals surface area contributed by atoms with Gasteiger partial charge in [-0.1, -0.05) is 78.7 Å². The number of carbonyl (C=O) groups excluding carboxylic acids is 2. The standard InChI is InChI=1S/C27H30Cl2N2O2/c1-4-18(2)30-27(33)19(3)31(17-22-12-14-23(28)16-25(22)29)26(32)15-13-21-10-7-9-20-8-5-6-11-24(20)21/h5-12,14,16,18-19H,4,13,15,17H2,1-3H3,(H,30,33). The van der Waals surface area contributed by atoms with Crippen molar-refractivity contribution in [2.75, 3.05) is 0 Å². The lowest BCUT2D eigenvalue weighted by Crippen LogP contribution is -2.49. The van der Waals surface area contributed by atoms with Crippen LogP contribution in [0.1, 0.15) is 44.7 Å². The third kappa shape index (κ3) is 6.49. The molecule has 0 spiro atoms. The summed E-state index contributed by atoms with van der Waals surface area (Å²) in [6.45, 7) is 5.96. The number of rotatable bonds is 9. The Bertz CT molecular complexity index is 1130. The molecule has 0 aliphatic carbocycles. The first-order valence-electron chi connectivity index (χ1n) is 11.3. The number of nitrogens with one attached hydrogen (secondary N) is 1. The van der Waals surface area contributed by atoms with Gasteiger partial charge in [-0.2, -0.15) is 0 Å². The fourth-order valence-corrected chi connectivity index (χ4v) is 4.25. The molecule has 3 rings (SSSR count). The van der Waals surface area contributed by atoms with Crippen LogP contribution in [-0.2, 0) is 22.6 Å². The highest BCUT2D eigenvalue weighted by Crippen LogP contribution is 2.24. The predicted molar refractivity (Wildman–Crippen MR) is 137 cm³/mol. The molecule has 0 fully saturated rings. The molecule has 3 aromatic carbocycles. The van der Waals surface area contributed by atoms with Crippen LogP contribution < -0.4 is 5.32 Å². The molecule has 2 unspecified atom stereocenters. The van der Waals surface area contributed by atoms with Crippen molar-refractivity contribution in [2.24, 2.45) is 0 Å². The Labute approximate surface area is 205 Å². The van der Waals surface area contributed by atoms with Gasteiger partial charge in [0, 0.05) is 29.1 Å².